The molecule has 0 saturated carbocycles. The maximum Gasteiger partial charge on any atom is 0.410 e. The Labute approximate surface area is 208 Å². The van der Waals surface area contributed by atoms with Crippen molar-refractivity contribution in [2.45, 2.75) is 57.3 Å². The molecule has 3 heterocycles. The number of ether oxygens (including phenoxy) is 2. The third kappa shape index (κ3) is 5.68. The van der Waals surface area contributed by atoms with Crippen LogP contribution in [0.3, 0.4) is 0 Å². The molecule has 1 atom stereocenters. The van der Waals surface area contributed by atoms with Crippen LogP contribution in [0.5, 0.6) is 0 Å². The molecule has 0 bridgehead atoms. The Balaban J connectivity index is 1.26. The van der Waals surface area contributed by atoms with E-state index in [-0.39, 0.29) is 36.6 Å². The molecule has 0 aromatic heterocycles. The summed E-state index contributed by atoms with van der Waals surface area (Å²) in [4.78, 5) is 42.9. The van der Waals surface area contributed by atoms with Gasteiger partial charge in [0, 0.05) is 37.8 Å². The zero-order chi connectivity index (χ0) is 26.2. The maximum absolute atomic E-state index is 14.8. The van der Waals surface area contributed by atoms with Gasteiger partial charge in [0.15, 0.2) is 0 Å². The van der Waals surface area contributed by atoms with Crippen molar-refractivity contribution in [3.63, 3.8) is 0 Å². The van der Waals surface area contributed by atoms with Crippen LogP contribution in [0.25, 0.3) is 0 Å². The molecule has 4 rings (SSSR count). The molecule has 3 aliphatic heterocycles. The van der Waals surface area contributed by atoms with Gasteiger partial charge < -0.3 is 24.6 Å². The zero-order valence-electron chi connectivity index (χ0n) is 20.8. The van der Waals surface area contributed by atoms with Gasteiger partial charge in [0.1, 0.15) is 23.3 Å². The predicted molar refractivity (Wildman–Crippen MR) is 127 cm³/mol. The summed E-state index contributed by atoms with van der Waals surface area (Å²) >= 11 is 0. The standard InChI is InChI=1S/C24H31F2N5O5/c1-24(2,3)36-23(34)31-11-15(12-31)35-22(27-4)28-13-9-30(10-13)14-7-17(25)20(18(26)8-14)16-5-6-19(32)29-21(16)33/h7-8,13,15-16H,5-6,9-12H2,1-4H3,(H,27,28)(H,29,32,33). The van der Waals surface area contributed by atoms with E-state index in [4.69, 9.17) is 9.47 Å². The van der Waals surface area contributed by atoms with Crippen molar-refractivity contribution in [3.8, 4) is 0 Å². The average molecular weight is 508 g/mol. The summed E-state index contributed by atoms with van der Waals surface area (Å²) in [6, 6.07) is 2.71. The number of hydrogen-bond acceptors (Lipinski definition) is 7. The topological polar surface area (TPSA) is 113 Å². The van der Waals surface area contributed by atoms with E-state index in [1.807, 2.05) is 20.8 Å². The SMILES string of the molecule is CN=C(NC1CN(c2cc(F)c(C3CCC(=O)NC3=O)c(F)c2)C1)OC1CN(C(=O)OC(C)(C)C)C1. The minimum atomic E-state index is -1.03. The van der Waals surface area contributed by atoms with Gasteiger partial charge in [-0.05, 0) is 39.3 Å². The first-order valence-electron chi connectivity index (χ1n) is 11.9. The van der Waals surface area contributed by atoms with Crippen LogP contribution >= 0.6 is 0 Å². The zero-order valence-corrected chi connectivity index (χ0v) is 20.8. The molecule has 1 aromatic rings. The molecule has 0 spiro atoms. The number of imide groups is 1. The minimum absolute atomic E-state index is 0.0415. The number of benzene rings is 1. The molecule has 2 N–H and O–H groups in total. The smallest absolute Gasteiger partial charge is 0.410 e. The summed E-state index contributed by atoms with van der Waals surface area (Å²) in [5.41, 5.74) is -0.510. The van der Waals surface area contributed by atoms with Crippen LogP contribution in [0.2, 0.25) is 0 Å². The first-order chi connectivity index (χ1) is 16.9. The second kappa shape index (κ2) is 9.90. The van der Waals surface area contributed by atoms with Gasteiger partial charge in [-0.2, -0.15) is 0 Å². The molecule has 3 aliphatic rings. The van der Waals surface area contributed by atoms with E-state index >= 15 is 0 Å². The lowest BCUT2D eigenvalue weighted by Gasteiger charge is -2.43. The van der Waals surface area contributed by atoms with Gasteiger partial charge in [-0.3, -0.25) is 14.9 Å². The summed E-state index contributed by atoms with van der Waals surface area (Å²) in [5.74, 6) is -3.77. The van der Waals surface area contributed by atoms with Crippen LogP contribution in [0.15, 0.2) is 17.1 Å². The quantitative estimate of drug-likeness (QED) is 0.364. The number of hydrogen-bond donors (Lipinski definition) is 2. The highest BCUT2D eigenvalue weighted by Gasteiger charge is 2.37. The van der Waals surface area contributed by atoms with Crippen LogP contribution in [0.4, 0.5) is 19.3 Å². The Hall–Kier alpha value is -3.44. The van der Waals surface area contributed by atoms with E-state index in [9.17, 15) is 23.2 Å². The molecule has 1 aromatic carbocycles. The number of nitrogens with zero attached hydrogens (tertiary/aromatic N) is 3. The van der Waals surface area contributed by atoms with E-state index in [1.165, 1.54) is 12.1 Å². The highest BCUT2D eigenvalue weighted by atomic mass is 19.1. The highest BCUT2D eigenvalue weighted by molar-refractivity contribution is 6.01. The first-order valence-corrected chi connectivity index (χ1v) is 11.9. The van der Waals surface area contributed by atoms with Crippen molar-refractivity contribution >= 4 is 29.6 Å². The summed E-state index contributed by atoms with van der Waals surface area (Å²) in [6.45, 7) is 7.14. The molecule has 0 aliphatic carbocycles. The lowest BCUT2D eigenvalue weighted by molar-refractivity contribution is -0.134. The Morgan fingerprint density at radius 2 is 1.78 bits per heavy atom. The first kappa shape index (κ1) is 25.6. The van der Waals surface area contributed by atoms with Gasteiger partial charge in [-0.1, -0.05) is 0 Å². The number of amides is 3. The number of likely N-dealkylation sites (tertiary alicyclic amines) is 1. The number of amidine groups is 1. The van der Waals surface area contributed by atoms with Crippen molar-refractivity contribution in [1.29, 1.82) is 0 Å². The Morgan fingerprint density at radius 1 is 1.14 bits per heavy atom. The average Bonchev–Trinajstić information content (AvgIpc) is 2.70. The molecule has 10 nitrogen and oxygen atoms in total. The van der Waals surface area contributed by atoms with Crippen molar-refractivity contribution < 1.29 is 32.6 Å². The van der Waals surface area contributed by atoms with Crippen LogP contribution in [-0.2, 0) is 19.1 Å². The molecule has 36 heavy (non-hydrogen) atoms. The number of carbonyl (C=O) groups is 3. The fraction of sp³-hybridized carbons (Fsp3) is 0.583. The highest BCUT2D eigenvalue weighted by Crippen LogP contribution is 2.33. The van der Waals surface area contributed by atoms with Crippen LogP contribution in [-0.4, -0.2) is 79.8 Å². The Bertz CT molecular complexity index is 1050. The molecule has 3 fully saturated rings. The number of piperidine rings is 1. The van der Waals surface area contributed by atoms with E-state index in [2.05, 4.69) is 15.6 Å². The number of aliphatic imine (C=N–C) groups is 1. The number of halogens is 2. The second-order valence-electron chi connectivity index (χ2n) is 10.2. The largest absolute Gasteiger partial charge is 0.458 e. The predicted octanol–water partition coefficient (Wildman–Crippen LogP) is 1.88. The van der Waals surface area contributed by atoms with Gasteiger partial charge in [0.2, 0.25) is 11.8 Å². The molecule has 12 heteroatoms. The van der Waals surface area contributed by atoms with Crippen LogP contribution in [0.1, 0.15) is 45.1 Å². The van der Waals surface area contributed by atoms with E-state index in [1.54, 1.807) is 16.8 Å². The number of anilines is 1. The number of rotatable bonds is 4. The molecule has 3 saturated heterocycles. The van der Waals surface area contributed by atoms with Gasteiger partial charge in [-0.25, -0.2) is 18.6 Å². The van der Waals surface area contributed by atoms with Gasteiger partial charge in [0.05, 0.1) is 25.0 Å². The van der Waals surface area contributed by atoms with E-state index < -0.39 is 35.0 Å². The van der Waals surface area contributed by atoms with Crippen LogP contribution in [0, 0.1) is 11.6 Å². The van der Waals surface area contributed by atoms with Gasteiger partial charge in [0.25, 0.3) is 6.02 Å². The van der Waals surface area contributed by atoms with E-state index in [0.29, 0.717) is 37.9 Å². The van der Waals surface area contributed by atoms with Crippen molar-refractivity contribution in [2.75, 3.05) is 38.1 Å². The summed E-state index contributed by atoms with van der Waals surface area (Å²) in [5, 5.41) is 5.30. The molecule has 0 radical (unpaired) electrons. The molecule has 1 unspecified atom stereocenters. The molecule has 3 amide bonds. The van der Waals surface area contributed by atoms with Gasteiger partial charge in [-0.15, -0.1) is 0 Å². The van der Waals surface area contributed by atoms with E-state index in [0.717, 1.165) is 0 Å². The lowest BCUT2D eigenvalue weighted by atomic mass is 9.89. The third-order valence-electron chi connectivity index (χ3n) is 6.21. The minimum Gasteiger partial charge on any atom is -0.458 e. The molecular formula is C24H31F2N5O5. The summed E-state index contributed by atoms with van der Waals surface area (Å²) in [7, 11) is 1.58. The summed E-state index contributed by atoms with van der Waals surface area (Å²) in [6.07, 6.45) is -0.478. The van der Waals surface area contributed by atoms with Crippen LogP contribution < -0.4 is 15.5 Å². The van der Waals surface area contributed by atoms with Gasteiger partial charge >= 0.3 is 6.09 Å². The van der Waals surface area contributed by atoms with Crippen molar-refractivity contribution in [3.05, 3.63) is 29.3 Å². The Morgan fingerprint density at radius 3 is 2.33 bits per heavy atom. The third-order valence-corrected chi connectivity index (χ3v) is 6.21. The fourth-order valence-corrected chi connectivity index (χ4v) is 4.31. The van der Waals surface area contributed by atoms with Crippen molar-refractivity contribution in [2.24, 2.45) is 4.99 Å². The maximum atomic E-state index is 14.8. The Kier molecular flexibility index (Phi) is 7.05. The fourth-order valence-electron chi connectivity index (χ4n) is 4.31. The lowest BCUT2D eigenvalue weighted by Crippen LogP contribution is -2.62. The number of carbonyl (C=O) groups excluding carboxylic acids is 3. The second-order valence-corrected chi connectivity index (χ2v) is 10.2. The normalized spacial score (nSPS) is 21.5. The molecular weight excluding hydrogens is 476 g/mol. The summed E-state index contributed by atoms with van der Waals surface area (Å²) < 4.78 is 40.7. The van der Waals surface area contributed by atoms with Crippen molar-refractivity contribution in [1.82, 2.24) is 15.5 Å². The number of nitrogens with one attached hydrogen (secondary N) is 2. The molecule has 196 valence electrons. The monoisotopic (exact) mass is 507 g/mol.